The van der Waals surface area contributed by atoms with E-state index in [1.165, 1.54) is 16.9 Å². The number of sulfonamides is 1. The minimum atomic E-state index is -3.71. The molecule has 2 aromatic rings. The lowest BCUT2D eigenvalue weighted by molar-refractivity contribution is 0.599. The number of nitrogens with one attached hydrogen (secondary N) is 1. The maximum absolute atomic E-state index is 12.1. The van der Waals surface area contributed by atoms with Crippen LogP contribution in [-0.2, 0) is 23.6 Å². The van der Waals surface area contributed by atoms with Crippen LogP contribution in [0.25, 0.3) is 0 Å². The first kappa shape index (κ1) is 12.5. The first-order valence-corrected chi connectivity index (χ1v) is 6.67. The summed E-state index contributed by atoms with van der Waals surface area (Å²) < 4.78 is 28.1. The standard InChI is InChI=1S/C10H13N5O2S/c1-15-6-4-10(13-15)14-18(16,17)9-3-2-5-12-8(9)7-11/h2-6H,7,11H2,1H3,(H,13,14). The Balaban J connectivity index is 2.36. The van der Waals surface area contributed by atoms with Crippen LogP contribution >= 0.6 is 0 Å². The highest BCUT2D eigenvalue weighted by Crippen LogP contribution is 2.16. The van der Waals surface area contributed by atoms with Crippen LogP contribution in [0, 0.1) is 0 Å². The summed E-state index contributed by atoms with van der Waals surface area (Å²) >= 11 is 0. The molecule has 0 fully saturated rings. The average molecular weight is 267 g/mol. The third kappa shape index (κ3) is 2.49. The largest absolute Gasteiger partial charge is 0.325 e. The molecule has 0 aromatic carbocycles. The van der Waals surface area contributed by atoms with E-state index in [4.69, 9.17) is 5.73 Å². The number of anilines is 1. The fourth-order valence-electron chi connectivity index (χ4n) is 1.48. The molecule has 0 radical (unpaired) electrons. The molecular weight excluding hydrogens is 254 g/mol. The summed E-state index contributed by atoms with van der Waals surface area (Å²) in [6.45, 7) is 0.0549. The number of nitrogens with two attached hydrogens (primary N) is 1. The first-order valence-electron chi connectivity index (χ1n) is 5.19. The zero-order valence-corrected chi connectivity index (χ0v) is 10.6. The van der Waals surface area contributed by atoms with Crippen molar-refractivity contribution in [1.29, 1.82) is 0 Å². The molecular formula is C10H13N5O2S. The summed E-state index contributed by atoms with van der Waals surface area (Å²) in [6, 6.07) is 4.57. The summed E-state index contributed by atoms with van der Waals surface area (Å²) in [5, 5.41) is 3.95. The highest BCUT2D eigenvalue weighted by atomic mass is 32.2. The van der Waals surface area contributed by atoms with Gasteiger partial charge >= 0.3 is 0 Å². The van der Waals surface area contributed by atoms with Gasteiger partial charge in [-0.2, -0.15) is 5.10 Å². The van der Waals surface area contributed by atoms with E-state index in [0.29, 0.717) is 5.69 Å². The number of aromatic nitrogens is 3. The number of nitrogens with zero attached hydrogens (tertiary/aromatic N) is 3. The van der Waals surface area contributed by atoms with Crippen LogP contribution in [0.2, 0.25) is 0 Å². The highest BCUT2D eigenvalue weighted by molar-refractivity contribution is 7.92. The number of pyridine rings is 1. The van der Waals surface area contributed by atoms with E-state index >= 15 is 0 Å². The number of aryl methyl sites for hydroxylation is 1. The molecule has 2 heterocycles. The molecule has 0 saturated heterocycles. The van der Waals surface area contributed by atoms with E-state index in [1.54, 1.807) is 25.4 Å². The van der Waals surface area contributed by atoms with Crippen molar-refractivity contribution >= 4 is 15.8 Å². The lowest BCUT2D eigenvalue weighted by atomic mass is 10.3. The van der Waals surface area contributed by atoms with Crippen molar-refractivity contribution in [3.63, 3.8) is 0 Å². The third-order valence-electron chi connectivity index (χ3n) is 2.28. The van der Waals surface area contributed by atoms with Gasteiger partial charge in [-0.05, 0) is 12.1 Å². The van der Waals surface area contributed by atoms with Gasteiger partial charge < -0.3 is 5.73 Å². The number of hydrogen-bond acceptors (Lipinski definition) is 5. The van der Waals surface area contributed by atoms with Gasteiger partial charge in [0, 0.05) is 32.1 Å². The van der Waals surface area contributed by atoms with Crippen molar-refractivity contribution in [3.8, 4) is 0 Å². The van der Waals surface area contributed by atoms with Crippen molar-refractivity contribution in [2.24, 2.45) is 12.8 Å². The maximum Gasteiger partial charge on any atom is 0.264 e. The molecule has 0 aliphatic heterocycles. The van der Waals surface area contributed by atoms with Crippen molar-refractivity contribution in [2.45, 2.75) is 11.4 Å². The maximum atomic E-state index is 12.1. The second-order valence-electron chi connectivity index (χ2n) is 3.63. The second kappa shape index (κ2) is 4.75. The zero-order valence-electron chi connectivity index (χ0n) is 9.74. The first-order chi connectivity index (χ1) is 8.53. The molecule has 0 aliphatic carbocycles. The summed E-state index contributed by atoms with van der Waals surface area (Å²) in [4.78, 5) is 4.01. The molecule has 0 atom stereocenters. The topological polar surface area (TPSA) is 103 Å². The molecule has 0 saturated carbocycles. The molecule has 96 valence electrons. The molecule has 0 aliphatic rings. The van der Waals surface area contributed by atoms with Crippen LogP contribution in [0.1, 0.15) is 5.69 Å². The summed E-state index contributed by atoms with van der Waals surface area (Å²) in [5.74, 6) is 0.254. The molecule has 0 spiro atoms. The fraction of sp³-hybridized carbons (Fsp3) is 0.200. The van der Waals surface area contributed by atoms with Gasteiger partial charge in [0.25, 0.3) is 10.0 Å². The smallest absolute Gasteiger partial charge is 0.264 e. The van der Waals surface area contributed by atoms with E-state index in [1.807, 2.05) is 0 Å². The molecule has 7 nitrogen and oxygen atoms in total. The number of hydrogen-bond donors (Lipinski definition) is 2. The molecule has 18 heavy (non-hydrogen) atoms. The molecule has 0 amide bonds. The van der Waals surface area contributed by atoms with Gasteiger partial charge in [0.15, 0.2) is 5.82 Å². The van der Waals surface area contributed by atoms with Gasteiger partial charge in [0.1, 0.15) is 4.90 Å². The molecule has 0 bridgehead atoms. The van der Waals surface area contributed by atoms with E-state index in [9.17, 15) is 8.42 Å². The van der Waals surface area contributed by atoms with Crippen molar-refractivity contribution in [3.05, 3.63) is 36.3 Å². The lowest BCUT2D eigenvalue weighted by Crippen LogP contribution is -2.17. The Morgan fingerprint density at radius 1 is 1.44 bits per heavy atom. The van der Waals surface area contributed by atoms with E-state index in [0.717, 1.165) is 0 Å². The normalized spacial score (nSPS) is 11.4. The predicted molar refractivity (Wildman–Crippen MR) is 66.1 cm³/mol. The van der Waals surface area contributed by atoms with Crippen molar-refractivity contribution < 1.29 is 8.42 Å². The van der Waals surface area contributed by atoms with Crippen molar-refractivity contribution in [2.75, 3.05) is 4.72 Å². The highest BCUT2D eigenvalue weighted by Gasteiger charge is 2.19. The minimum Gasteiger partial charge on any atom is -0.325 e. The quantitative estimate of drug-likeness (QED) is 0.816. The molecule has 2 aromatic heterocycles. The Hall–Kier alpha value is -1.93. The molecule has 0 unspecified atom stereocenters. The summed E-state index contributed by atoms with van der Waals surface area (Å²) in [5.41, 5.74) is 5.79. The minimum absolute atomic E-state index is 0.0549. The Morgan fingerprint density at radius 3 is 2.83 bits per heavy atom. The van der Waals surface area contributed by atoms with Crippen LogP contribution in [0.4, 0.5) is 5.82 Å². The van der Waals surface area contributed by atoms with E-state index in [-0.39, 0.29) is 17.3 Å². The van der Waals surface area contributed by atoms with Crippen LogP contribution in [0.15, 0.2) is 35.5 Å². The summed E-state index contributed by atoms with van der Waals surface area (Å²) in [7, 11) is -2.01. The predicted octanol–water partition coefficient (Wildman–Crippen LogP) is 0.0746. The Labute approximate surface area is 105 Å². The van der Waals surface area contributed by atoms with Crippen molar-refractivity contribution in [1.82, 2.24) is 14.8 Å². The van der Waals surface area contributed by atoms with E-state index < -0.39 is 10.0 Å². The van der Waals surface area contributed by atoms with Gasteiger partial charge in [0.2, 0.25) is 0 Å². The Kier molecular flexibility index (Phi) is 3.30. The molecule has 2 rings (SSSR count). The van der Waals surface area contributed by atoms with E-state index in [2.05, 4.69) is 14.8 Å². The van der Waals surface area contributed by atoms with Gasteiger partial charge in [0.05, 0.1) is 5.69 Å². The number of rotatable bonds is 4. The summed E-state index contributed by atoms with van der Waals surface area (Å²) in [6.07, 6.45) is 3.15. The fourth-order valence-corrected chi connectivity index (χ4v) is 2.68. The zero-order chi connectivity index (χ0) is 13.2. The van der Waals surface area contributed by atoms with Gasteiger partial charge in [-0.25, -0.2) is 8.42 Å². The Bertz CT molecular complexity index is 650. The van der Waals surface area contributed by atoms with Gasteiger partial charge in [-0.1, -0.05) is 0 Å². The average Bonchev–Trinajstić information content (AvgIpc) is 2.74. The SMILES string of the molecule is Cn1ccc(NS(=O)(=O)c2cccnc2CN)n1. The third-order valence-corrected chi connectivity index (χ3v) is 3.71. The second-order valence-corrected chi connectivity index (χ2v) is 5.28. The molecule has 8 heteroatoms. The van der Waals surface area contributed by atoms with Crippen LogP contribution < -0.4 is 10.5 Å². The van der Waals surface area contributed by atoms with Gasteiger partial charge in [-0.3, -0.25) is 14.4 Å². The Morgan fingerprint density at radius 2 is 2.22 bits per heavy atom. The van der Waals surface area contributed by atoms with Crippen LogP contribution in [0.5, 0.6) is 0 Å². The van der Waals surface area contributed by atoms with Crippen LogP contribution in [0.3, 0.4) is 0 Å². The van der Waals surface area contributed by atoms with Crippen LogP contribution in [-0.4, -0.2) is 23.2 Å². The monoisotopic (exact) mass is 267 g/mol. The molecule has 3 N–H and O–H groups in total. The lowest BCUT2D eigenvalue weighted by Gasteiger charge is -2.08. The van der Waals surface area contributed by atoms with Gasteiger partial charge in [-0.15, -0.1) is 0 Å².